The molecule has 2 N–H and O–H groups in total. The van der Waals surface area contributed by atoms with Gasteiger partial charge in [0.15, 0.2) is 0 Å². The van der Waals surface area contributed by atoms with Crippen LogP contribution in [0, 0.1) is 13.8 Å². The number of H-pyrrole nitrogens is 1. The summed E-state index contributed by atoms with van der Waals surface area (Å²) < 4.78 is 5.49. The Labute approximate surface area is 174 Å². The molecule has 3 aromatic heterocycles. The average Bonchev–Trinajstić information content (AvgIpc) is 3.26. The van der Waals surface area contributed by atoms with E-state index in [1.54, 1.807) is 0 Å². The highest BCUT2D eigenvalue weighted by molar-refractivity contribution is 7.19. The normalized spacial score (nSPS) is 17.6. The zero-order chi connectivity index (χ0) is 19.8. The third kappa shape index (κ3) is 3.76. The molecule has 0 amide bonds. The quantitative estimate of drug-likeness (QED) is 0.669. The van der Waals surface area contributed by atoms with E-state index in [1.807, 2.05) is 18.3 Å². The van der Waals surface area contributed by atoms with Gasteiger partial charge in [-0.05, 0) is 45.1 Å². The number of aryl methyl sites for hydroxylation is 4. The van der Waals surface area contributed by atoms with Gasteiger partial charge in [-0.3, -0.25) is 10.00 Å². The Kier molecular flexibility index (Phi) is 5.24. The number of hydrogen-bond donors (Lipinski definition) is 2. The molecule has 3 aromatic rings. The predicted octanol–water partition coefficient (Wildman–Crippen LogP) is 3.35. The van der Waals surface area contributed by atoms with Gasteiger partial charge in [-0.25, -0.2) is 9.97 Å². The summed E-state index contributed by atoms with van der Waals surface area (Å²) in [5, 5.41) is 12.3. The van der Waals surface area contributed by atoms with Crippen LogP contribution in [0.2, 0.25) is 0 Å². The molecule has 1 fully saturated rings. The summed E-state index contributed by atoms with van der Waals surface area (Å²) >= 11 is 1.87. The molecule has 0 atom stereocenters. The second kappa shape index (κ2) is 8.01. The number of aromatic amines is 1. The largest absolute Gasteiger partial charge is 0.379 e. The third-order valence-electron chi connectivity index (χ3n) is 6.04. The Morgan fingerprint density at radius 3 is 2.76 bits per heavy atom. The lowest BCUT2D eigenvalue weighted by Crippen LogP contribution is -2.36. The maximum atomic E-state index is 5.49. The first-order chi connectivity index (χ1) is 14.2. The van der Waals surface area contributed by atoms with E-state index in [9.17, 15) is 0 Å². The van der Waals surface area contributed by atoms with Crippen molar-refractivity contribution < 1.29 is 4.74 Å². The minimum Gasteiger partial charge on any atom is -0.379 e. The standard InChI is InChI=1S/C21H28N6OS/c1-13-16(14(2)26-25-13)11-22-20-19-15-5-3-4-6-17(15)29-21(19)24-18(23-20)12-27-7-9-28-10-8-27/h3-12H2,1-2H3,(H,25,26)(H,22,23,24). The Hall–Kier alpha value is -2.03. The molecule has 0 radical (unpaired) electrons. The van der Waals surface area contributed by atoms with Crippen molar-refractivity contribution in [3.63, 3.8) is 0 Å². The van der Waals surface area contributed by atoms with Gasteiger partial charge in [-0.15, -0.1) is 11.3 Å². The predicted molar refractivity (Wildman–Crippen MR) is 116 cm³/mol. The first kappa shape index (κ1) is 19.0. The highest BCUT2D eigenvalue weighted by atomic mass is 32.1. The van der Waals surface area contributed by atoms with Gasteiger partial charge in [-0.1, -0.05) is 0 Å². The van der Waals surface area contributed by atoms with Crippen molar-refractivity contribution >= 4 is 27.4 Å². The number of fused-ring (bicyclic) bond motifs is 3. The maximum Gasteiger partial charge on any atom is 0.146 e. The molecule has 1 saturated heterocycles. The Morgan fingerprint density at radius 2 is 1.97 bits per heavy atom. The Balaban J connectivity index is 1.50. The third-order valence-corrected chi connectivity index (χ3v) is 7.23. The van der Waals surface area contributed by atoms with Crippen LogP contribution in [0.25, 0.3) is 10.2 Å². The second-order valence-electron chi connectivity index (χ2n) is 8.03. The number of anilines is 1. The summed E-state index contributed by atoms with van der Waals surface area (Å²) in [5.74, 6) is 1.89. The second-order valence-corrected chi connectivity index (χ2v) is 9.12. The summed E-state index contributed by atoms with van der Waals surface area (Å²) in [6, 6.07) is 0. The summed E-state index contributed by atoms with van der Waals surface area (Å²) in [4.78, 5) is 15.0. The van der Waals surface area contributed by atoms with E-state index in [1.165, 1.54) is 40.7 Å². The number of hydrogen-bond acceptors (Lipinski definition) is 7. The lowest BCUT2D eigenvalue weighted by Gasteiger charge is -2.25. The fourth-order valence-corrected chi connectivity index (χ4v) is 5.65. The molecule has 4 heterocycles. The van der Waals surface area contributed by atoms with Crippen LogP contribution in [0.4, 0.5) is 5.82 Å². The molecule has 0 spiro atoms. The van der Waals surface area contributed by atoms with Gasteiger partial charge in [0, 0.05) is 35.8 Å². The molecule has 2 aliphatic rings. The first-order valence-electron chi connectivity index (χ1n) is 10.5. The molecule has 8 heteroatoms. The van der Waals surface area contributed by atoms with Crippen molar-refractivity contribution in [1.82, 2.24) is 25.1 Å². The number of rotatable bonds is 5. The maximum absolute atomic E-state index is 5.49. The van der Waals surface area contributed by atoms with Gasteiger partial charge in [-0.2, -0.15) is 5.10 Å². The number of nitrogens with one attached hydrogen (secondary N) is 2. The van der Waals surface area contributed by atoms with Gasteiger partial charge in [0.1, 0.15) is 16.5 Å². The van der Waals surface area contributed by atoms with Crippen molar-refractivity contribution in [3.8, 4) is 0 Å². The molecule has 1 aliphatic heterocycles. The topological polar surface area (TPSA) is 79.0 Å². The van der Waals surface area contributed by atoms with Crippen LogP contribution in [-0.4, -0.2) is 51.4 Å². The smallest absolute Gasteiger partial charge is 0.146 e. The molecular formula is C21H28N6OS. The van der Waals surface area contributed by atoms with E-state index >= 15 is 0 Å². The number of nitrogens with zero attached hydrogens (tertiary/aromatic N) is 4. The van der Waals surface area contributed by atoms with E-state index in [0.29, 0.717) is 0 Å². The van der Waals surface area contributed by atoms with E-state index in [4.69, 9.17) is 14.7 Å². The van der Waals surface area contributed by atoms with Crippen molar-refractivity contribution in [1.29, 1.82) is 0 Å². The zero-order valence-corrected chi connectivity index (χ0v) is 18.0. The molecule has 0 unspecified atom stereocenters. The van der Waals surface area contributed by atoms with Gasteiger partial charge >= 0.3 is 0 Å². The summed E-state index contributed by atoms with van der Waals surface area (Å²) in [5.41, 5.74) is 4.84. The molecule has 0 bridgehead atoms. The van der Waals surface area contributed by atoms with Crippen LogP contribution in [0.1, 0.15) is 46.1 Å². The van der Waals surface area contributed by atoms with Crippen molar-refractivity contribution in [3.05, 3.63) is 33.2 Å². The Morgan fingerprint density at radius 1 is 1.14 bits per heavy atom. The Bertz CT molecular complexity index is 1000. The molecule has 0 saturated carbocycles. The van der Waals surface area contributed by atoms with Crippen molar-refractivity contribution in [2.75, 3.05) is 31.6 Å². The van der Waals surface area contributed by atoms with Gasteiger partial charge in [0.05, 0.1) is 30.8 Å². The number of morpholine rings is 1. The monoisotopic (exact) mass is 412 g/mol. The molecule has 29 heavy (non-hydrogen) atoms. The van der Waals surface area contributed by atoms with Gasteiger partial charge < -0.3 is 10.1 Å². The average molecular weight is 413 g/mol. The molecule has 0 aromatic carbocycles. The minimum atomic E-state index is 0.724. The van der Waals surface area contributed by atoms with Crippen LogP contribution in [0.15, 0.2) is 0 Å². The SMILES string of the molecule is Cc1n[nH]c(C)c1CNc1nc(CN2CCOCC2)nc2sc3c(c12)CCCC3. The minimum absolute atomic E-state index is 0.724. The van der Waals surface area contributed by atoms with E-state index in [0.717, 1.165) is 73.7 Å². The van der Waals surface area contributed by atoms with Crippen LogP contribution >= 0.6 is 11.3 Å². The van der Waals surface area contributed by atoms with Crippen LogP contribution in [0.3, 0.4) is 0 Å². The van der Waals surface area contributed by atoms with E-state index in [-0.39, 0.29) is 0 Å². The molecular weight excluding hydrogens is 384 g/mol. The lowest BCUT2D eigenvalue weighted by molar-refractivity contribution is 0.0331. The van der Waals surface area contributed by atoms with Crippen molar-refractivity contribution in [2.45, 2.75) is 52.6 Å². The first-order valence-corrected chi connectivity index (χ1v) is 11.4. The van der Waals surface area contributed by atoms with Gasteiger partial charge in [0.2, 0.25) is 0 Å². The summed E-state index contributed by atoms with van der Waals surface area (Å²) in [7, 11) is 0. The van der Waals surface area contributed by atoms with Crippen LogP contribution in [0.5, 0.6) is 0 Å². The highest BCUT2D eigenvalue weighted by Gasteiger charge is 2.22. The molecule has 1 aliphatic carbocycles. The van der Waals surface area contributed by atoms with E-state index < -0.39 is 0 Å². The molecule has 5 rings (SSSR count). The lowest BCUT2D eigenvalue weighted by atomic mass is 9.97. The van der Waals surface area contributed by atoms with Gasteiger partial charge in [0.25, 0.3) is 0 Å². The van der Waals surface area contributed by atoms with Crippen molar-refractivity contribution in [2.24, 2.45) is 0 Å². The van der Waals surface area contributed by atoms with Crippen LogP contribution in [-0.2, 0) is 30.7 Å². The van der Waals surface area contributed by atoms with Crippen LogP contribution < -0.4 is 5.32 Å². The highest BCUT2D eigenvalue weighted by Crippen LogP contribution is 2.39. The van der Waals surface area contributed by atoms with E-state index in [2.05, 4.69) is 27.3 Å². The summed E-state index contributed by atoms with van der Waals surface area (Å²) in [6.45, 7) is 9.09. The molecule has 154 valence electrons. The fraction of sp³-hybridized carbons (Fsp3) is 0.571. The zero-order valence-electron chi connectivity index (χ0n) is 17.2. The number of aromatic nitrogens is 4. The molecule has 7 nitrogen and oxygen atoms in total. The number of ether oxygens (including phenoxy) is 1. The fourth-order valence-electron chi connectivity index (χ4n) is 4.37. The summed E-state index contributed by atoms with van der Waals surface area (Å²) in [6.07, 6.45) is 4.85. The number of thiophene rings is 1.